The molecule has 0 bridgehead atoms. The molecule has 0 aromatic heterocycles. The zero-order valence-corrected chi connectivity index (χ0v) is 16.9. The molecule has 4 aliphatic rings. The maximum absolute atomic E-state index is 13.2. The van der Waals surface area contributed by atoms with Gasteiger partial charge in [-0.25, -0.2) is 10.4 Å². The van der Waals surface area contributed by atoms with Gasteiger partial charge in [-0.3, -0.25) is 10.1 Å². The third kappa shape index (κ3) is 4.88. The first-order valence-corrected chi connectivity index (χ1v) is 10.9. The predicted molar refractivity (Wildman–Crippen MR) is 107 cm³/mol. The van der Waals surface area contributed by atoms with Crippen LogP contribution in [0.1, 0.15) is 25.7 Å². The van der Waals surface area contributed by atoms with Crippen molar-refractivity contribution < 1.29 is 9.53 Å². The summed E-state index contributed by atoms with van der Waals surface area (Å²) in [7, 11) is 0. The van der Waals surface area contributed by atoms with E-state index in [1.54, 1.807) is 0 Å². The molecule has 4 heterocycles. The number of nitrogens with two attached hydrogens (primary N) is 1. The molecule has 7 N–H and O–H groups in total. The molecule has 4 fully saturated rings. The first-order chi connectivity index (χ1) is 14.2. The molecule has 0 spiro atoms. The Morgan fingerprint density at radius 3 is 2.79 bits per heavy atom. The Morgan fingerprint density at radius 2 is 2.00 bits per heavy atom. The third-order valence-electron chi connectivity index (χ3n) is 6.53. The van der Waals surface area contributed by atoms with Crippen LogP contribution in [0.3, 0.4) is 0 Å². The largest absolute Gasteiger partial charge is 0.373 e. The number of carbonyl (C=O) groups excluding carboxylic acids is 1. The van der Waals surface area contributed by atoms with Gasteiger partial charge in [0.2, 0.25) is 5.91 Å². The first-order valence-electron chi connectivity index (χ1n) is 10.9. The molecule has 6 atom stereocenters. The summed E-state index contributed by atoms with van der Waals surface area (Å²) in [5.74, 6) is -0.195. The molecule has 0 aromatic rings. The van der Waals surface area contributed by atoms with Crippen molar-refractivity contribution in [2.45, 2.75) is 56.3 Å². The second kappa shape index (κ2) is 9.66. The lowest BCUT2D eigenvalue weighted by atomic mass is 9.96. The molecule has 4 rings (SSSR count). The Morgan fingerprint density at radius 1 is 1.21 bits per heavy atom. The summed E-state index contributed by atoms with van der Waals surface area (Å²) >= 11 is 0. The molecule has 6 unspecified atom stereocenters. The topological polar surface area (TPSA) is 140 Å². The van der Waals surface area contributed by atoms with E-state index in [0.717, 1.165) is 52.0 Å². The Balaban J connectivity index is 1.35. The number of amides is 1. The van der Waals surface area contributed by atoms with E-state index in [9.17, 15) is 4.79 Å². The molecule has 1 amide bonds. The number of hydrogen-bond acceptors (Lipinski definition) is 9. The van der Waals surface area contributed by atoms with Crippen LogP contribution in [-0.2, 0) is 9.53 Å². The molecule has 0 radical (unpaired) electrons. The van der Waals surface area contributed by atoms with Crippen LogP contribution in [0.2, 0.25) is 0 Å². The van der Waals surface area contributed by atoms with Crippen molar-refractivity contribution in [2.24, 2.45) is 17.6 Å². The SMILES string of the molecule is N#CCC1CNC2C(C(=O)NC3CNCCC3OC3CCNCC3)C(N)NN2C1. The minimum absolute atomic E-state index is 0.0318. The number of piperidine rings is 2. The van der Waals surface area contributed by atoms with Gasteiger partial charge in [-0.15, -0.1) is 0 Å². The molecule has 0 aliphatic carbocycles. The highest BCUT2D eigenvalue weighted by Gasteiger charge is 2.47. The number of hydrazine groups is 1. The molecular formula is C19H34N8O2. The summed E-state index contributed by atoms with van der Waals surface area (Å²) < 4.78 is 6.38. The van der Waals surface area contributed by atoms with Crippen molar-refractivity contribution in [3.63, 3.8) is 0 Å². The lowest BCUT2D eigenvalue weighted by Gasteiger charge is -2.38. The van der Waals surface area contributed by atoms with Gasteiger partial charge in [-0.1, -0.05) is 0 Å². The van der Waals surface area contributed by atoms with Gasteiger partial charge >= 0.3 is 0 Å². The number of nitrogens with zero attached hydrogens (tertiary/aromatic N) is 2. The summed E-state index contributed by atoms with van der Waals surface area (Å²) in [6.07, 6.45) is 3.13. The van der Waals surface area contributed by atoms with E-state index in [0.29, 0.717) is 13.0 Å². The zero-order valence-electron chi connectivity index (χ0n) is 16.9. The highest BCUT2D eigenvalue weighted by Crippen LogP contribution is 2.25. The van der Waals surface area contributed by atoms with Crippen LogP contribution in [0, 0.1) is 23.2 Å². The maximum atomic E-state index is 13.2. The second-order valence-electron chi connectivity index (χ2n) is 8.65. The average Bonchev–Trinajstić information content (AvgIpc) is 3.05. The Hall–Kier alpha value is -1.32. The van der Waals surface area contributed by atoms with E-state index >= 15 is 0 Å². The summed E-state index contributed by atoms with van der Waals surface area (Å²) in [6, 6.07) is 2.17. The lowest BCUT2D eigenvalue weighted by Crippen LogP contribution is -2.61. The van der Waals surface area contributed by atoms with E-state index in [2.05, 4.69) is 32.8 Å². The standard InChI is InChI=1S/C19H34N8O2/c20-5-1-12-9-24-18-16(17(21)26-27(18)11-12)19(28)25-14-10-23-8-4-15(14)29-13-2-6-22-7-3-13/h12-18,22-24,26H,1-4,6-11,21H2,(H,25,28). The summed E-state index contributed by atoms with van der Waals surface area (Å²) in [4.78, 5) is 13.2. The molecule has 0 aromatic carbocycles. The van der Waals surface area contributed by atoms with Gasteiger partial charge in [0.05, 0.1) is 42.6 Å². The summed E-state index contributed by atoms with van der Waals surface area (Å²) in [5, 5.41) is 24.3. The van der Waals surface area contributed by atoms with E-state index in [1.807, 2.05) is 5.01 Å². The summed E-state index contributed by atoms with van der Waals surface area (Å²) in [5.41, 5.74) is 9.49. The fourth-order valence-corrected chi connectivity index (χ4v) is 4.95. The first kappa shape index (κ1) is 20.9. The summed E-state index contributed by atoms with van der Waals surface area (Å²) in [6.45, 7) is 5.04. The van der Waals surface area contributed by atoms with Crippen molar-refractivity contribution in [1.29, 1.82) is 5.26 Å². The molecule has 10 nitrogen and oxygen atoms in total. The quantitative estimate of drug-likeness (QED) is 0.300. The molecule has 29 heavy (non-hydrogen) atoms. The number of rotatable bonds is 5. The van der Waals surface area contributed by atoms with Crippen LogP contribution in [0.15, 0.2) is 0 Å². The Bertz CT molecular complexity index is 608. The van der Waals surface area contributed by atoms with Crippen molar-refractivity contribution >= 4 is 5.91 Å². The zero-order chi connectivity index (χ0) is 20.2. The van der Waals surface area contributed by atoms with E-state index in [4.69, 9.17) is 15.7 Å². The van der Waals surface area contributed by atoms with Gasteiger partial charge in [-0.05, 0) is 44.8 Å². The maximum Gasteiger partial charge on any atom is 0.229 e. The Labute approximate surface area is 172 Å². The van der Waals surface area contributed by atoms with Crippen LogP contribution >= 0.6 is 0 Å². The number of nitrogens with one attached hydrogen (secondary N) is 5. The molecule has 0 saturated carbocycles. The van der Waals surface area contributed by atoms with Crippen LogP contribution in [-0.4, -0.2) is 80.8 Å². The molecule has 4 aliphatic heterocycles. The fourth-order valence-electron chi connectivity index (χ4n) is 4.95. The lowest BCUT2D eigenvalue weighted by molar-refractivity contribution is -0.130. The number of nitriles is 1. The van der Waals surface area contributed by atoms with Crippen molar-refractivity contribution in [1.82, 2.24) is 31.7 Å². The predicted octanol–water partition coefficient (Wildman–Crippen LogP) is -2.22. The van der Waals surface area contributed by atoms with E-state index in [-0.39, 0.29) is 42.2 Å². The van der Waals surface area contributed by atoms with Gasteiger partial charge in [0.15, 0.2) is 0 Å². The highest BCUT2D eigenvalue weighted by atomic mass is 16.5. The molecule has 162 valence electrons. The van der Waals surface area contributed by atoms with Gasteiger partial charge in [0, 0.05) is 26.1 Å². The van der Waals surface area contributed by atoms with E-state index < -0.39 is 6.17 Å². The van der Waals surface area contributed by atoms with Gasteiger partial charge in [-0.2, -0.15) is 5.26 Å². The van der Waals surface area contributed by atoms with E-state index in [1.165, 1.54) is 0 Å². The fraction of sp³-hybridized carbons (Fsp3) is 0.895. The molecular weight excluding hydrogens is 372 g/mol. The molecule has 10 heteroatoms. The normalized spacial score (nSPS) is 38.9. The minimum Gasteiger partial charge on any atom is -0.373 e. The van der Waals surface area contributed by atoms with Crippen LogP contribution in [0.5, 0.6) is 0 Å². The second-order valence-corrected chi connectivity index (χ2v) is 8.65. The van der Waals surface area contributed by atoms with Gasteiger partial charge in [0.1, 0.15) is 0 Å². The van der Waals surface area contributed by atoms with Crippen molar-refractivity contribution in [3.05, 3.63) is 0 Å². The average molecular weight is 407 g/mol. The third-order valence-corrected chi connectivity index (χ3v) is 6.53. The van der Waals surface area contributed by atoms with Crippen LogP contribution < -0.4 is 32.4 Å². The molecule has 4 saturated heterocycles. The van der Waals surface area contributed by atoms with Crippen molar-refractivity contribution in [2.75, 3.05) is 39.3 Å². The smallest absolute Gasteiger partial charge is 0.229 e. The van der Waals surface area contributed by atoms with Gasteiger partial charge < -0.3 is 26.4 Å². The number of fused-ring (bicyclic) bond motifs is 1. The minimum atomic E-state index is -0.450. The Kier molecular flexibility index (Phi) is 6.97. The van der Waals surface area contributed by atoms with Crippen LogP contribution in [0.25, 0.3) is 0 Å². The monoisotopic (exact) mass is 406 g/mol. The van der Waals surface area contributed by atoms with Crippen molar-refractivity contribution in [3.8, 4) is 6.07 Å². The number of carbonyl (C=O) groups is 1. The van der Waals surface area contributed by atoms with Gasteiger partial charge in [0.25, 0.3) is 0 Å². The highest BCUT2D eigenvalue weighted by molar-refractivity contribution is 5.80. The number of ether oxygens (including phenoxy) is 1. The number of hydrogen-bond donors (Lipinski definition) is 6. The van der Waals surface area contributed by atoms with Crippen LogP contribution in [0.4, 0.5) is 0 Å².